The number of fused-ring (bicyclic) bond motifs is 1. The Bertz CT molecular complexity index is 1030. The number of alkyl halides is 3. The summed E-state index contributed by atoms with van der Waals surface area (Å²) < 4.78 is 47.8. The van der Waals surface area contributed by atoms with Crippen LogP contribution in [0.3, 0.4) is 0 Å². The number of furan rings is 1. The van der Waals surface area contributed by atoms with E-state index in [9.17, 15) is 18.0 Å². The maximum absolute atomic E-state index is 13.9. The van der Waals surface area contributed by atoms with Crippen LogP contribution < -0.4 is 10.6 Å². The summed E-state index contributed by atoms with van der Waals surface area (Å²) in [5.74, 6) is 2.08. The lowest BCUT2D eigenvalue weighted by atomic mass is 9.49. The zero-order valence-corrected chi connectivity index (χ0v) is 18.8. The molecule has 0 saturated heterocycles. The molecule has 2 aromatic heterocycles. The zero-order valence-electron chi connectivity index (χ0n) is 18.0. The summed E-state index contributed by atoms with van der Waals surface area (Å²) in [5, 5.41) is 9.91. The largest absolute Gasteiger partial charge is 0.467 e. The Labute approximate surface area is 194 Å². The summed E-state index contributed by atoms with van der Waals surface area (Å²) in [6.07, 6.45) is 3.81. The first-order valence-corrected chi connectivity index (χ1v) is 12.0. The summed E-state index contributed by atoms with van der Waals surface area (Å²) in [5.41, 5.74) is -0.0638. The molecule has 7 rings (SSSR count). The molecule has 4 bridgehead atoms. The summed E-state index contributed by atoms with van der Waals surface area (Å²) in [7, 11) is 0. The van der Waals surface area contributed by atoms with Crippen LogP contribution in [0, 0.1) is 23.2 Å². The minimum Gasteiger partial charge on any atom is -0.467 e. The zero-order chi connectivity index (χ0) is 23.0. The van der Waals surface area contributed by atoms with Crippen LogP contribution in [0.5, 0.6) is 0 Å². The lowest BCUT2D eigenvalue weighted by Crippen LogP contribution is -2.51. The minimum atomic E-state index is -4.55. The third kappa shape index (κ3) is 3.63. The maximum atomic E-state index is 13.9. The highest BCUT2D eigenvalue weighted by atomic mass is 35.5. The second-order valence-corrected chi connectivity index (χ2v) is 10.9. The van der Waals surface area contributed by atoms with Gasteiger partial charge in [-0.05, 0) is 73.8 Å². The number of anilines is 1. The molecule has 0 radical (unpaired) electrons. The summed E-state index contributed by atoms with van der Waals surface area (Å²) >= 11 is 6.43. The molecule has 5 aliphatic rings. The van der Waals surface area contributed by atoms with Gasteiger partial charge in [0, 0.05) is 13.0 Å². The van der Waals surface area contributed by atoms with Crippen molar-refractivity contribution in [1.82, 2.24) is 15.1 Å². The number of nitrogens with zero attached hydrogens (tertiary/aromatic N) is 2. The molecule has 33 heavy (non-hydrogen) atoms. The maximum Gasteiger partial charge on any atom is 0.410 e. The van der Waals surface area contributed by atoms with E-state index in [4.69, 9.17) is 16.0 Å². The average Bonchev–Trinajstić information content (AvgIpc) is 3.38. The Hall–Kier alpha value is -2.16. The molecule has 10 heteroatoms. The number of halogens is 4. The van der Waals surface area contributed by atoms with Crippen molar-refractivity contribution in [3.63, 3.8) is 0 Å². The summed E-state index contributed by atoms with van der Waals surface area (Å²) in [6, 6.07) is 0.600. The van der Waals surface area contributed by atoms with E-state index in [1.165, 1.54) is 25.5 Å². The number of aromatic nitrogens is 2. The average molecular weight is 483 g/mol. The van der Waals surface area contributed by atoms with E-state index in [0.717, 1.165) is 41.7 Å². The van der Waals surface area contributed by atoms with Crippen molar-refractivity contribution in [2.24, 2.45) is 23.2 Å². The molecule has 178 valence electrons. The monoisotopic (exact) mass is 482 g/mol. The van der Waals surface area contributed by atoms with Crippen molar-refractivity contribution < 1.29 is 22.4 Å². The molecule has 6 nitrogen and oxygen atoms in total. The molecule has 2 atom stereocenters. The van der Waals surface area contributed by atoms with E-state index < -0.39 is 24.2 Å². The molecular formula is C23H26ClF3N4O2. The van der Waals surface area contributed by atoms with Gasteiger partial charge in [-0.15, -0.1) is 0 Å². The lowest BCUT2D eigenvalue weighted by molar-refractivity contribution is -0.174. The van der Waals surface area contributed by atoms with Crippen molar-refractivity contribution >= 4 is 23.3 Å². The fourth-order valence-electron chi connectivity index (χ4n) is 7.27. The molecule has 2 aromatic rings. The van der Waals surface area contributed by atoms with E-state index >= 15 is 0 Å². The first kappa shape index (κ1) is 21.4. The van der Waals surface area contributed by atoms with Gasteiger partial charge in [-0.25, -0.2) is 4.68 Å². The number of hydrogen-bond acceptors (Lipinski definition) is 4. The van der Waals surface area contributed by atoms with Crippen LogP contribution in [-0.4, -0.2) is 28.4 Å². The summed E-state index contributed by atoms with van der Waals surface area (Å²) in [4.78, 5) is 13.0. The van der Waals surface area contributed by atoms with Crippen LogP contribution >= 0.6 is 11.6 Å². The van der Waals surface area contributed by atoms with E-state index in [1.54, 1.807) is 12.1 Å². The molecule has 2 N–H and O–H groups in total. The third-order valence-corrected chi connectivity index (χ3v) is 8.54. The van der Waals surface area contributed by atoms with Gasteiger partial charge in [0.1, 0.15) is 16.6 Å². The Kier molecular flexibility index (Phi) is 4.81. The molecule has 1 aliphatic heterocycles. The highest BCUT2D eigenvalue weighted by Gasteiger charge is 2.51. The molecule has 3 heterocycles. The van der Waals surface area contributed by atoms with Crippen LogP contribution in [0.15, 0.2) is 22.8 Å². The molecule has 4 saturated carbocycles. The minimum absolute atomic E-state index is 0.00778. The van der Waals surface area contributed by atoms with Crippen molar-refractivity contribution in [1.29, 1.82) is 0 Å². The fourth-order valence-corrected chi connectivity index (χ4v) is 7.53. The van der Waals surface area contributed by atoms with Crippen molar-refractivity contribution in [3.8, 4) is 0 Å². The summed E-state index contributed by atoms with van der Waals surface area (Å²) in [6.45, 7) is 0.527. The van der Waals surface area contributed by atoms with E-state index in [-0.39, 0.29) is 28.4 Å². The molecule has 0 spiro atoms. The highest BCUT2D eigenvalue weighted by Crippen LogP contribution is 2.59. The van der Waals surface area contributed by atoms with Crippen LogP contribution in [-0.2, 0) is 0 Å². The van der Waals surface area contributed by atoms with Crippen molar-refractivity contribution in [3.05, 3.63) is 34.9 Å². The van der Waals surface area contributed by atoms with Crippen molar-refractivity contribution in [2.45, 2.75) is 63.2 Å². The van der Waals surface area contributed by atoms with Crippen LogP contribution in [0.2, 0.25) is 5.02 Å². The predicted octanol–water partition coefficient (Wildman–Crippen LogP) is 5.74. The molecule has 4 aliphatic carbocycles. The van der Waals surface area contributed by atoms with Gasteiger partial charge < -0.3 is 15.1 Å². The molecule has 4 fully saturated rings. The first-order chi connectivity index (χ1) is 15.7. The Morgan fingerprint density at radius 3 is 2.45 bits per heavy atom. The van der Waals surface area contributed by atoms with Crippen molar-refractivity contribution in [2.75, 3.05) is 11.9 Å². The van der Waals surface area contributed by atoms with Gasteiger partial charge in [0.2, 0.25) is 0 Å². The number of amides is 1. The predicted molar refractivity (Wildman–Crippen MR) is 115 cm³/mol. The quantitative estimate of drug-likeness (QED) is 0.583. The molecule has 0 unspecified atom stereocenters. The number of nitrogens with one attached hydrogen (secondary N) is 2. The smallest absolute Gasteiger partial charge is 0.410 e. The van der Waals surface area contributed by atoms with E-state index in [2.05, 4.69) is 15.7 Å². The van der Waals surface area contributed by atoms with Crippen LogP contribution in [0.4, 0.5) is 19.0 Å². The van der Waals surface area contributed by atoms with Crippen LogP contribution in [0.25, 0.3) is 0 Å². The Morgan fingerprint density at radius 2 is 1.88 bits per heavy atom. The topological polar surface area (TPSA) is 72.1 Å². The SMILES string of the molecule is O=C(NCC12CC3CC(CC(C3)C1)C2)c1nn2c(c1Cl)N[C@H](c1ccco1)C[C@H]2C(F)(F)F. The number of hydrogen-bond donors (Lipinski definition) is 2. The van der Waals surface area contributed by atoms with Gasteiger partial charge in [-0.2, -0.15) is 18.3 Å². The van der Waals surface area contributed by atoms with Gasteiger partial charge in [-0.3, -0.25) is 4.79 Å². The number of carbonyl (C=O) groups excluding carboxylic acids is 1. The first-order valence-electron chi connectivity index (χ1n) is 11.6. The van der Waals surface area contributed by atoms with Crippen LogP contribution in [0.1, 0.15) is 73.3 Å². The van der Waals surface area contributed by atoms with E-state index in [1.807, 2.05) is 0 Å². The fraction of sp³-hybridized carbons (Fsp3) is 0.652. The van der Waals surface area contributed by atoms with Gasteiger partial charge in [-0.1, -0.05) is 11.6 Å². The normalized spacial score (nSPS) is 34.7. The second kappa shape index (κ2) is 7.42. The van der Waals surface area contributed by atoms with Gasteiger partial charge in [0.05, 0.1) is 12.3 Å². The van der Waals surface area contributed by atoms with Gasteiger partial charge in [0.25, 0.3) is 5.91 Å². The highest BCUT2D eigenvalue weighted by molar-refractivity contribution is 6.36. The van der Waals surface area contributed by atoms with E-state index in [0.29, 0.717) is 12.3 Å². The third-order valence-electron chi connectivity index (χ3n) is 8.19. The molecule has 1 amide bonds. The standard InChI is InChI=1S/C23H26ClF3N4O2/c24-18-19(21(32)28-11-22-8-12-4-13(9-22)6-14(5-12)10-22)30-31-17(23(25,26)27)7-15(29-20(18)31)16-2-1-3-33-16/h1-3,12-15,17,29H,4-11H2,(H,28,32)/t12?,13?,14?,15-,17-,22?/m0/s1. The van der Waals surface area contributed by atoms with Gasteiger partial charge >= 0.3 is 6.18 Å². The second-order valence-electron chi connectivity index (χ2n) is 10.6. The molecule has 0 aromatic carbocycles. The number of carbonyl (C=O) groups is 1. The number of rotatable bonds is 4. The Balaban J connectivity index is 1.24. The molecular weight excluding hydrogens is 457 g/mol. The van der Waals surface area contributed by atoms with Gasteiger partial charge in [0.15, 0.2) is 11.7 Å². The Morgan fingerprint density at radius 1 is 1.21 bits per heavy atom. The lowest BCUT2D eigenvalue weighted by Gasteiger charge is -2.56.